The van der Waals surface area contributed by atoms with Crippen LogP contribution in [0.5, 0.6) is 0 Å². The van der Waals surface area contributed by atoms with Gasteiger partial charge in [0.2, 0.25) is 5.91 Å². The number of carbonyl (C=O) groups excluding carboxylic acids is 1. The molecule has 124 valence electrons. The maximum absolute atomic E-state index is 12.8. The molecule has 0 radical (unpaired) electrons. The van der Waals surface area contributed by atoms with E-state index in [9.17, 15) is 4.79 Å². The van der Waals surface area contributed by atoms with Gasteiger partial charge in [0, 0.05) is 16.8 Å². The van der Waals surface area contributed by atoms with Crippen molar-refractivity contribution in [3.05, 3.63) is 59.3 Å². The SMILES string of the molecule is Cc1cccc(C(CCN)C(=O)Nc2ccc3n[nH]c(C)c3c2)c1. The number of nitrogens with one attached hydrogen (secondary N) is 2. The quantitative estimate of drug-likeness (QED) is 0.674. The Hall–Kier alpha value is -2.66. The molecule has 0 aliphatic heterocycles. The van der Waals surface area contributed by atoms with Gasteiger partial charge in [0.1, 0.15) is 0 Å². The van der Waals surface area contributed by atoms with E-state index in [1.54, 1.807) is 0 Å². The lowest BCUT2D eigenvalue weighted by molar-refractivity contribution is -0.117. The van der Waals surface area contributed by atoms with Crippen molar-refractivity contribution in [2.45, 2.75) is 26.2 Å². The number of rotatable bonds is 5. The fraction of sp³-hybridized carbons (Fsp3) is 0.263. The number of aromatic amines is 1. The fourth-order valence-corrected chi connectivity index (χ4v) is 2.95. The predicted octanol–water partition coefficient (Wildman–Crippen LogP) is 3.25. The van der Waals surface area contributed by atoms with Crippen molar-refractivity contribution in [1.29, 1.82) is 0 Å². The third-order valence-corrected chi connectivity index (χ3v) is 4.23. The van der Waals surface area contributed by atoms with Crippen LogP contribution in [0.2, 0.25) is 0 Å². The van der Waals surface area contributed by atoms with Gasteiger partial charge in [-0.15, -0.1) is 0 Å². The van der Waals surface area contributed by atoms with E-state index >= 15 is 0 Å². The Balaban J connectivity index is 1.85. The monoisotopic (exact) mass is 322 g/mol. The molecular weight excluding hydrogens is 300 g/mol. The van der Waals surface area contributed by atoms with Crippen molar-refractivity contribution in [2.24, 2.45) is 5.73 Å². The Labute approximate surface area is 141 Å². The lowest BCUT2D eigenvalue weighted by Gasteiger charge is -2.17. The molecule has 1 aromatic heterocycles. The van der Waals surface area contributed by atoms with Crippen LogP contribution in [0, 0.1) is 13.8 Å². The molecule has 1 atom stereocenters. The van der Waals surface area contributed by atoms with Crippen molar-refractivity contribution in [1.82, 2.24) is 10.2 Å². The van der Waals surface area contributed by atoms with Crippen LogP contribution < -0.4 is 11.1 Å². The predicted molar refractivity (Wildman–Crippen MR) is 97.1 cm³/mol. The van der Waals surface area contributed by atoms with Crippen molar-refractivity contribution in [2.75, 3.05) is 11.9 Å². The van der Waals surface area contributed by atoms with Gasteiger partial charge < -0.3 is 11.1 Å². The molecule has 1 unspecified atom stereocenters. The number of nitrogens with two attached hydrogens (primary N) is 1. The first kappa shape index (κ1) is 16.2. The number of hydrogen-bond donors (Lipinski definition) is 3. The van der Waals surface area contributed by atoms with E-state index in [0.29, 0.717) is 13.0 Å². The van der Waals surface area contributed by atoms with Gasteiger partial charge in [-0.2, -0.15) is 5.10 Å². The average molecular weight is 322 g/mol. The van der Waals surface area contributed by atoms with Gasteiger partial charge in [0.15, 0.2) is 0 Å². The molecule has 4 N–H and O–H groups in total. The van der Waals surface area contributed by atoms with Crippen LogP contribution in [0.4, 0.5) is 5.69 Å². The summed E-state index contributed by atoms with van der Waals surface area (Å²) >= 11 is 0. The molecule has 2 aromatic carbocycles. The molecule has 0 spiro atoms. The van der Waals surface area contributed by atoms with Gasteiger partial charge >= 0.3 is 0 Å². The Morgan fingerprint density at radius 2 is 2.08 bits per heavy atom. The molecule has 0 bridgehead atoms. The van der Waals surface area contributed by atoms with Gasteiger partial charge in [-0.1, -0.05) is 29.8 Å². The Bertz CT molecular complexity index is 869. The lowest BCUT2D eigenvalue weighted by atomic mass is 9.93. The molecule has 0 saturated heterocycles. The number of benzene rings is 2. The summed E-state index contributed by atoms with van der Waals surface area (Å²) in [5, 5.41) is 11.2. The largest absolute Gasteiger partial charge is 0.330 e. The summed E-state index contributed by atoms with van der Waals surface area (Å²) in [6.45, 7) is 4.45. The highest BCUT2D eigenvalue weighted by atomic mass is 16.1. The molecule has 3 rings (SSSR count). The van der Waals surface area contributed by atoms with E-state index in [1.165, 1.54) is 0 Å². The molecular formula is C19H22N4O. The van der Waals surface area contributed by atoms with Gasteiger partial charge in [0.05, 0.1) is 11.4 Å². The highest BCUT2D eigenvalue weighted by Gasteiger charge is 2.20. The number of carbonyl (C=O) groups is 1. The lowest BCUT2D eigenvalue weighted by Crippen LogP contribution is -2.23. The van der Waals surface area contributed by atoms with Gasteiger partial charge in [-0.05, 0) is 50.6 Å². The summed E-state index contributed by atoms with van der Waals surface area (Å²) < 4.78 is 0. The first-order chi connectivity index (χ1) is 11.6. The second-order valence-corrected chi connectivity index (χ2v) is 6.11. The molecule has 0 aliphatic carbocycles. The van der Waals surface area contributed by atoms with E-state index in [4.69, 9.17) is 5.73 Å². The standard InChI is InChI=1S/C19H22N4O/c1-12-4-3-5-14(10-12)16(8-9-20)19(24)21-15-6-7-18-17(11-15)13(2)22-23-18/h3-7,10-11,16H,8-9,20H2,1-2H3,(H,21,24)(H,22,23). The van der Waals surface area contributed by atoms with Crippen molar-refractivity contribution >= 4 is 22.5 Å². The second-order valence-electron chi connectivity index (χ2n) is 6.11. The highest BCUT2D eigenvalue weighted by Crippen LogP contribution is 2.24. The Morgan fingerprint density at radius 3 is 2.83 bits per heavy atom. The number of hydrogen-bond acceptors (Lipinski definition) is 3. The van der Waals surface area contributed by atoms with Crippen molar-refractivity contribution in [3.8, 4) is 0 Å². The average Bonchev–Trinajstić information content (AvgIpc) is 2.93. The van der Waals surface area contributed by atoms with E-state index in [-0.39, 0.29) is 11.8 Å². The number of amides is 1. The van der Waals surface area contributed by atoms with Crippen LogP contribution in [0.1, 0.15) is 29.2 Å². The number of H-pyrrole nitrogens is 1. The summed E-state index contributed by atoms with van der Waals surface area (Å²) in [5.41, 5.74) is 10.5. The number of aromatic nitrogens is 2. The molecule has 0 saturated carbocycles. The van der Waals surface area contributed by atoms with E-state index in [1.807, 2.05) is 56.3 Å². The topological polar surface area (TPSA) is 83.8 Å². The first-order valence-corrected chi connectivity index (χ1v) is 8.10. The van der Waals surface area contributed by atoms with E-state index < -0.39 is 0 Å². The number of anilines is 1. The zero-order valence-electron chi connectivity index (χ0n) is 14.0. The normalized spacial score (nSPS) is 12.3. The minimum atomic E-state index is -0.254. The first-order valence-electron chi connectivity index (χ1n) is 8.10. The minimum Gasteiger partial charge on any atom is -0.330 e. The Morgan fingerprint density at radius 1 is 1.25 bits per heavy atom. The Kier molecular flexibility index (Phi) is 4.62. The van der Waals surface area contributed by atoms with Crippen LogP contribution in [0.3, 0.4) is 0 Å². The summed E-state index contributed by atoms with van der Waals surface area (Å²) in [4.78, 5) is 12.8. The number of nitrogens with zero attached hydrogens (tertiary/aromatic N) is 1. The van der Waals surface area contributed by atoms with Gasteiger partial charge in [-0.25, -0.2) is 0 Å². The fourth-order valence-electron chi connectivity index (χ4n) is 2.95. The van der Waals surface area contributed by atoms with Crippen LogP contribution in [-0.2, 0) is 4.79 Å². The minimum absolute atomic E-state index is 0.0356. The molecule has 24 heavy (non-hydrogen) atoms. The van der Waals surface area contributed by atoms with Crippen LogP contribution in [-0.4, -0.2) is 22.6 Å². The van der Waals surface area contributed by atoms with E-state index in [2.05, 4.69) is 15.5 Å². The van der Waals surface area contributed by atoms with E-state index in [0.717, 1.165) is 33.4 Å². The third-order valence-electron chi connectivity index (χ3n) is 4.23. The number of fused-ring (bicyclic) bond motifs is 1. The highest BCUT2D eigenvalue weighted by molar-refractivity contribution is 5.98. The van der Waals surface area contributed by atoms with Crippen molar-refractivity contribution < 1.29 is 4.79 Å². The van der Waals surface area contributed by atoms with Crippen LogP contribution >= 0.6 is 0 Å². The summed E-state index contributed by atoms with van der Waals surface area (Å²) in [7, 11) is 0. The molecule has 3 aromatic rings. The smallest absolute Gasteiger partial charge is 0.231 e. The molecule has 0 aliphatic rings. The zero-order chi connectivity index (χ0) is 17.1. The number of aryl methyl sites for hydroxylation is 2. The molecule has 5 heteroatoms. The summed E-state index contributed by atoms with van der Waals surface area (Å²) in [5.74, 6) is -0.289. The molecule has 1 amide bonds. The molecule has 5 nitrogen and oxygen atoms in total. The van der Waals surface area contributed by atoms with Gasteiger partial charge in [-0.3, -0.25) is 9.89 Å². The second kappa shape index (κ2) is 6.84. The third kappa shape index (κ3) is 3.31. The van der Waals surface area contributed by atoms with Crippen LogP contribution in [0.25, 0.3) is 10.9 Å². The van der Waals surface area contributed by atoms with Gasteiger partial charge in [0.25, 0.3) is 0 Å². The van der Waals surface area contributed by atoms with Crippen molar-refractivity contribution in [3.63, 3.8) is 0 Å². The zero-order valence-corrected chi connectivity index (χ0v) is 14.0. The molecule has 1 heterocycles. The maximum Gasteiger partial charge on any atom is 0.231 e. The molecule has 0 fully saturated rings. The van der Waals surface area contributed by atoms with Crippen LogP contribution in [0.15, 0.2) is 42.5 Å². The summed E-state index contributed by atoms with van der Waals surface area (Å²) in [6.07, 6.45) is 0.613. The maximum atomic E-state index is 12.8. The summed E-state index contributed by atoms with van der Waals surface area (Å²) in [6, 6.07) is 13.7.